The van der Waals surface area contributed by atoms with Crippen molar-refractivity contribution >= 4 is 11.8 Å². The second kappa shape index (κ2) is 4.29. The van der Waals surface area contributed by atoms with E-state index in [0.717, 1.165) is 5.82 Å². The molecule has 0 bridgehead atoms. The summed E-state index contributed by atoms with van der Waals surface area (Å²) in [7, 11) is 1.94. The lowest BCUT2D eigenvalue weighted by Gasteiger charge is -2.23. The molecule has 0 aliphatic heterocycles. The van der Waals surface area contributed by atoms with Gasteiger partial charge in [0, 0.05) is 13.1 Å². The summed E-state index contributed by atoms with van der Waals surface area (Å²) in [6.07, 6.45) is 0. The predicted molar refractivity (Wildman–Crippen MR) is 59.5 cm³/mol. The third-order valence-corrected chi connectivity index (χ3v) is 2.44. The summed E-state index contributed by atoms with van der Waals surface area (Å²) in [6, 6.07) is 3.67. The molecule has 0 atom stereocenters. The number of carboxylic acid groups (broad SMARTS) is 1. The van der Waals surface area contributed by atoms with E-state index in [1.165, 1.54) is 0 Å². The van der Waals surface area contributed by atoms with Gasteiger partial charge in [0.05, 0.1) is 11.3 Å². The first-order valence-electron chi connectivity index (χ1n) is 4.87. The van der Waals surface area contributed by atoms with E-state index in [9.17, 15) is 4.79 Å². The van der Waals surface area contributed by atoms with Crippen LogP contribution >= 0.6 is 0 Å². The van der Waals surface area contributed by atoms with Crippen molar-refractivity contribution in [3.8, 4) is 0 Å². The Hall–Kier alpha value is -1.58. The van der Waals surface area contributed by atoms with Crippen LogP contribution in [0.2, 0.25) is 0 Å². The van der Waals surface area contributed by atoms with Crippen LogP contribution in [0.25, 0.3) is 0 Å². The van der Waals surface area contributed by atoms with Gasteiger partial charge in [0.1, 0.15) is 5.82 Å². The number of rotatable bonds is 3. The van der Waals surface area contributed by atoms with E-state index in [2.05, 4.69) is 18.8 Å². The lowest BCUT2D eigenvalue weighted by molar-refractivity contribution is 0.0695. The Morgan fingerprint density at radius 1 is 1.47 bits per heavy atom. The molecule has 0 saturated carbocycles. The Labute approximate surface area is 89.6 Å². The van der Waals surface area contributed by atoms with Gasteiger partial charge in [-0.05, 0) is 32.9 Å². The van der Waals surface area contributed by atoms with Crippen LogP contribution in [0.15, 0.2) is 12.1 Å². The van der Waals surface area contributed by atoms with Crippen molar-refractivity contribution in [3.63, 3.8) is 0 Å². The summed E-state index contributed by atoms with van der Waals surface area (Å²) in [4.78, 5) is 17.0. The zero-order valence-electron chi connectivity index (χ0n) is 9.48. The summed E-state index contributed by atoms with van der Waals surface area (Å²) in [5.41, 5.74) is 0.809. The highest BCUT2D eigenvalue weighted by Gasteiger charge is 2.11. The first-order chi connectivity index (χ1) is 6.93. The van der Waals surface area contributed by atoms with Gasteiger partial charge in [-0.1, -0.05) is 0 Å². The molecule has 0 saturated heterocycles. The minimum Gasteiger partial charge on any atom is -0.478 e. The Morgan fingerprint density at radius 3 is 2.47 bits per heavy atom. The summed E-state index contributed by atoms with van der Waals surface area (Å²) in [5.74, 6) is -0.133. The van der Waals surface area contributed by atoms with E-state index in [4.69, 9.17) is 5.11 Å². The molecular formula is C11H16N2O2. The Bertz CT molecular complexity index is 375. The van der Waals surface area contributed by atoms with E-state index < -0.39 is 5.97 Å². The number of nitrogens with zero attached hydrogens (tertiary/aromatic N) is 2. The maximum Gasteiger partial charge on any atom is 0.337 e. The number of carbonyl (C=O) groups is 1. The van der Waals surface area contributed by atoms with Crippen LogP contribution in [-0.4, -0.2) is 29.1 Å². The van der Waals surface area contributed by atoms with Crippen molar-refractivity contribution in [1.29, 1.82) is 0 Å². The standard InChI is InChI=1S/C11H16N2O2/c1-7(2)13(4)10-6-5-9(11(14)15)8(3)12-10/h5-7H,1-4H3,(H,14,15). The molecule has 1 N–H and O–H groups in total. The number of aryl methyl sites for hydroxylation is 1. The number of hydrogen-bond donors (Lipinski definition) is 1. The first kappa shape index (κ1) is 11.5. The van der Waals surface area contributed by atoms with E-state index in [1.54, 1.807) is 19.1 Å². The molecule has 82 valence electrons. The molecule has 0 aliphatic rings. The second-order valence-corrected chi connectivity index (χ2v) is 3.81. The van der Waals surface area contributed by atoms with E-state index in [-0.39, 0.29) is 5.56 Å². The van der Waals surface area contributed by atoms with E-state index in [1.807, 2.05) is 11.9 Å². The largest absolute Gasteiger partial charge is 0.478 e. The molecule has 1 heterocycles. The van der Waals surface area contributed by atoms with Crippen molar-refractivity contribution in [1.82, 2.24) is 4.98 Å². The summed E-state index contributed by atoms with van der Waals surface area (Å²) >= 11 is 0. The van der Waals surface area contributed by atoms with Crippen molar-refractivity contribution in [3.05, 3.63) is 23.4 Å². The van der Waals surface area contributed by atoms with Gasteiger partial charge in [-0.3, -0.25) is 0 Å². The topological polar surface area (TPSA) is 53.4 Å². The van der Waals surface area contributed by atoms with Crippen molar-refractivity contribution in [2.75, 3.05) is 11.9 Å². The molecule has 4 nitrogen and oxygen atoms in total. The summed E-state index contributed by atoms with van der Waals surface area (Å²) in [5, 5.41) is 8.85. The number of pyridine rings is 1. The molecule has 15 heavy (non-hydrogen) atoms. The molecule has 0 unspecified atom stereocenters. The fourth-order valence-corrected chi connectivity index (χ4v) is 1.23. The third kappa shape index (κ3) is 2.46. The SMILES string of the molecule is Cc1nc(N(C)C(C)C)ccc1C(=O)O. The van der Waals surface area contributed by atoms with E-state index in [0.29, 0.717) is 11.7 Å². The van der Waals surface area contributed by atoms with Gasteiger partial charge in [-0.2, -0.15) is 0 Å². The number of carboxylic acids is 1. The monoisotopic (exact) mass is 208 g/mol. The maximum absolute atomic E-state index is 10.8. The molecule has 0 spiro atoms. The minimum absolute atomic E-state index is 0.260. The molecular weight excluding hydrogens is 192 g/mol. The fraction of sp³-hybridized carbons (Fsp3) is 0.455. The minimum atomic E-state index is -0.932. The third-order valence-electron chi connectivity index (χ3n) is 2.44. The van der Waals surface area contributed by atoms with Gasteiger partial charge in [0.2, 0.25) is 0 Å². The molecule has 0 amide bonds. The van der Waals surface area contributed by atoms with Crippen molar-refractivity contribution < 1.29 is 9.90 Å². The van der Waals surface area contributed by atoms with Gasteiger partial charge < -0.3 is 10.0 Å². The quantitative estimate of drug-likeness (QED) is 0.824. The summed E-state index contributed by atoms with van der Waals surface area (Å²) in [6.45, 7) is 5.82. The lowest BCUT2D eigenvalue weighted by Crippen LogP contribution is -2.26. The fourth-order valence-electron chi connectivity index (χ4n) is 1.23. The van der Waals surface area contributed by atoms with Crippen LogP contribution in [0, 0.1) is 6.92 Å². The first-order valence-corrected chi connectivity index (χ1v) is 4.87. The number of aromatic nitrogens is 1. The van der Waals surface area contributed by atoms with Crippen molar-refractivity contribution in [2.24, 2.45) is 0 Å². The molecule has 4 heteroatoms. The molecule has 0 aromatic carbocycles. The van der Waals surface area contributed by atoms with Crippen LogP contribution in [0.3, 0.4) is 0 Å². The van der Waals surface area contributed by atoms with Gasteiger partial charge in [0.25, 0.3) is 0 Å². The summed E-state index contributed by atoms with van der Waals surface area (Å²) < 4.78 is 0. The van der Waals surface area contributed by atoms with Crippen LogP contribution in [0.4, 0.5) is 5.82 Å². The highest BCUT2D eigenvalue weighted by atomic mass is 16.4. The van der Waals surface area contributed by atoms with Gasteiger partial charge in [-0.25, -0.2) is 9.78 Å². The van der Waals surface area contributed by atoms with Crippen LogP contribution < -0.4 is 4.90 Å². The van der Waals surface area contributed by atoms with E-state index >= 15 is 0 Å². The second-order valence-electron chi connectivity index (χ2n) is 3.81. The Kier molecular flexibility index (Phi) is 3.29. The van der Waals surface area contributed by atoms with Gasteiger partial charge >= 0.3 is 5.97 Å². The van der Waals surface area contributed by atoms with Gasteiger partial charge in [-0.15, -0.1) is 0 Å². The van der Waals surface area contributed by atoms with Crippen molar-refractivity contribution in [2.45, 2.75) is 26.8 Å². The van der Waals surface area contributed by atoms with Crippen LogP contribution in [0.5, 0.6) is 0 Å². The highest BCUT2D eigenvalue weighted by molar-refractivity contribution is 5.89. The number of hydrogen-bond acceptors (Lipinski definition) is 3. The number of aromatic carboxylic acids is 1. The predicted octanol–water partition coefficient (Wildman–Crippen LogP) is 1.93. The molecule has 1 aromatic rings. The molecule has 0 radical (unpaired) electrons. The van der Waals surface area contributed by atoms with Crippen LogP contribution in [-0.2, 0) is 0 Å². The Morgan fingerprint density at radius 2 is 2.07 bits per heavy atom. The van der Waals surface area contributed by atoms with Crippen LogP contribution in [0.1, 0.15) is 29.9 Å². The molecule has 1 rings (SSSR count). The lowest BCUT2D eigenvalue weighted by atomic mass is 10.2. The maximum atomic E-state index is 10.8. The normalized spacial score (nSPS) is 10.5. The highest BCUT2D eigenvalue weighted by Crippen LogP contribution is 2.15. The zero-order chi connectivity index (χ0) is 11.6. The average molecular weight is 208 g/mol. The van der Waals surface area contributed by atoms with Gasteiger partial charge in [0.15, 0.2) is 0 Å². The average Bonchev–Trinajstić information content (AvgIpc) is 2.15. The molecule has 0 fully saturated rings. The molecule has 0 aliphatic carbocycles. The zero-order valence-corrected chi connectivity index (χ0v) is 9.48. The smallest absolute Gasteiger partial charge is 0.337 e. The molecule has 1 aromatic heterocycles. The Balaban J connectivity index is 3.06. The number of anilines is 1.